The predicted octanol–water partition coefficient (Wildman–Crippen LogP) is 5.03. The second kappa shape index (κ2) is 17.7. The Kier molecular flexibility index (Phi) is 13.4. The Morgan fingerprint density at radius 3 is 2.23 bits per heavy atom. The molecule has 15 heteroatoms. The van der Waals surface area contributed by atoms with Crippen LogP contribution in [0.25, 0.3) is 0 Å². The molecule has 0 radical (unpaired) electrons. The van der Waals surface area contributed by atoms with Crippen molar-refractivity contribution in [3.05, 3.63) is 69.8 Å². The third kappa shape index (κ3) is 8.36. The normalized spacial score (nSPS) is 33.5. The standard InChI is InChI=1S/C47H63N3O12/c1-23(2)22-49-17-19-50(20-18-49)36-35-39(54)33-32(40(36)55)34-43(28(7)38(33)53)62-47(11,44(34)56)59-21-15-31(58-12)25(4)41(60-30(9)51)26(5)37(52)27(6)42-29(8)46(10,61-42)16-13-14-24(3)45(57)48-35/h13-16,21,23,25-27,29,31,37,41-42,52-53H,17-20,22H2,1-12H3,(H,48,57). The van der Waals surface area contributed by atoms with Crippen LogP contribution >= 0.6 is 0 Å². The van der Waals surface area contributed by atoms with E-state index in [0.717, 1.165) is 6.54 Å². The number of Topliss-reactive ketones (excluding diaryl/α,β-unsaturated/α-hetero) is 3. The van der Waals surface area contributed by atoms with Gasteiger partial charge in [0.15, 0.2) is 0 Å². The van der Waals surface area contributed by atoms with E-state index in [-0.39, 0.29) is 57.3 Å². The highest BCUT2D eigenvalue weighted by atomic mass is 16.7. The largest absolute Gasteiger partial charge is 0.507 e. The number of piperazine rings is 1. The molecule has 1 amide bonds. The van der Waals surface area contributed by atoms with Gasteiger partial charge in [-0.3, -0.25) is 28.9 Å². The van der Waals surface area contributed by atoms with E-state index >= 15 is 4.79 Å². The van der Waals surface area contributed by atoms with Crippen molar-refractivity contribution in [3.63, 3.8) is 0 Å². The predicted molar refractivity (Wildman–Crippen MR) is 228 cm³/mol. The van der Waals surface area contributed by atoms with Gasteiger partial charge in [0, 0.05) is 88.5 Å². The number of carbonyl (C=O) groups is 5. The van der Waals surface area contributed by atoms with Crippen LogP contribution in [-0.4, -0.2) is 125 Å². The highest BCUT2D eigenvalue weighted by Gasteiger charge is 2.54. The summed E-state index contributed by atoms with van der Waals surface area (Å²) in [4.78, 5) is 74.7. The number of hydrogen-bond donors (Lipinski definition) is 3. The summed E-state index contributed by atoms with van der Waals surface area (Å²) in [6.45, 7) is 22.1. The molecule has 0 aromatic heterocycles. The van der Waals surface area contributed by atoms with Crippen LogP contribution in [-0.2, 0) is 28.5 Å². The first-order chi connectivity index (χ1) is 29.1. The van der Waals surface area contributed by atoms with Gasteiger partial charge in [0.2, 0.25) is 11.6 Å². The van der Waals surface area contributed by atoms with Crippen LogP contribution in [0.3, 0.4) is 0 Å². The number of benzene rings is 1. The van der Waals surface area contributed by atoms with Crippen LogP contribution in [0, 0.1) is 36.5 Å². The van der Waals surface area contributed by atoms with Crippen LogP contribution in [0.5, 0.6) is 11.5 Å². The Bertz CT molecular complexity index is 2130. The fourth-order valence-corrected chi connectivity index (χ4v) is 9.57. The maximum Gasteiger partial charge on any atom is 0.312 e. The van der Waals surface area contributed by atoms with E-state index in [0.29, 0.717) is 32.1 Å². The molecule has 2 fully saturated rings. The second-order valence-corrected chi connectivity index (χ2v) is 18.4. The molecule has 2 saturated heterocycles. The maximum absolute atomic E-state index is 15.0. The Morgan fingerprint density at radius 1 is 0.968 bits per heavy atom. The van der Waals surface area contributed by atoms with Gasteiger partial charge in [0.1, 0.15) is 29.0 Å². The van der Waals surface area contributed by atoms with Gasteiger partial charge in [-0.25, -0.2) is 0 Å². The lowest BCUT2D eigenvalue weighted by Gasteiger charge is -2.54. The van der Waals surface area contributed by atoms with Crippen LogP contribution in [0.4, 0.5) is 0 Å². The summed E-state index contributed by atoms with van der Waals surface area (Å²) in [5.41, 5.74) is -1.84. The first-order valence-corrected chi connectivity index (χ1v) is 21.6. The van der Waals surface area contributed by atoms with Gasteiger partial charge in [0.25, 0.3) is 11.7 Å². The smallest absolute Gasteiger partial charge is 0.312 e. The molecule has 338 valence electrons. The van der Waals surface area contributed by atoms with Gasteiger partial charge in [-0.1, -0.05) is 59.8 Å². The molecule has 10 unspecified atom stereocenters. The summed E-state index contributed by atoms with van der Waals surface area (Å²) >= 11 is 0. The molecule has 1 aromatic rings. The molecule has 3 N–H and O–H groups in total. The number of aromatic hydroxyl groups is 1. The molecule has 15 nitrogen and oxygen atoms in total. The van der Waals surface area contributed by atoms with Crippen molar-refractivity contribution in [1.82, 2.24) is 15.1 Å². The number of phenolic OH excluding ortho intramolecular Hbond substituents is 1. The zero-order chi connectivity index (χ0) is 45.7. The number of nitrogens with one attached hydrogen (secondary N) is 1. The molecule has 0 spiro atoms. The number of carbonyl (C=O) groups excluding carboxylic acids is 5. The summed E-state index contributed by atoms with van der Waals surface area (Å²) in [6, 6.07) is 0. The van der Waals surface area contributed by atoms with Crippen LogP contribution in [0.1, 0.15) is 106 Å². The third-order valence-electron chi connectivity index (χ3n) is 13.5. The lowest BCUT2D eigenvalue weighted by molar-refractivity contribution is -0.251. The van der Waals surface area contributed by atoms with Gasteiger partial charge >= 0.3 is 11.8 Å². The Labute approximate surface area is 364 Å². The maximum atomic E-state index is 15.0. The molecule has 9 rings (SSSR count). The number of allylic oxidation sites excluding steroid dienone is 4. The first kappa shape index (κ1) is 46.7. The molecular weight excluding hydrogens is 799 g/mol. The van der Waals surface area contributed by atoms with Crippen molar-refractivity contribution in [2.24, 2.45) is 29.6 Å². The van der Waals surface area contributed by atoms with Gasteiger partial charge in [-0.05, 0) is 32.8 Å². The molecule has 1 aliphatic carbocycles. The molecule has 0 saturated carbocycles. The molecule has 7 bridgehead atoms. The number of methoxy groups -OCH3 is 1. The third-order valence-corrected chi connectivity index (χ3v) is 13.5. The number of nitrogens with zero attached hydrogens (tertiary/aromatic N) is 2. The van der Waals surface area contributed by atoms with Crippen molar-refractivity contribution in [2.45, 2.75) is 112 Å². The number of aliphatic hydroxyl groups excluding tert-OH is 1. The lowest BCUT2D eigenvalue weighted by Crippen LogP contribution is -2.60. The van der Waals surface area contributed by atoms with Crippen molar-refractivity contribution in [2.75, 3.05) is 39.8 Å². The molecule has 62 heavy (non-hydrogen) atoms. The quantitative estimate of drug-likeness (QED) is 0.334. The lowest BCUT2D eigenvalue weighted by atomic mass is 9.70. The number of aliphatic hydroxyl groups is 1. The summed E-state index contributed by atoms with van der Waals surface area (Å²) < 4.78 is 30.3. The summed E-state index contributed by atoms with van der Waals surface area (Å²) in [6.07, 6.45) is 4.96. The number of ketones is 3. The minimum atomic E-state index is -2.05. The van der Waals surface area contributed by atoms with Crippen LogP contribution < -0.4 is 10.1 Å². The number of rotatable bonds is 5. The Morgan fingerprint density at radius 2 is 1.63 bits per heavy atom. The summed E-state index contributed by atoms with van der Waals surface area (Å²) in [7, 11) is 1.47. The first-order valence-electron chi connectivity index (χ1n) is 21.6. The van der Waals surface area contributed by atoms with Gasteiger partial charge in [-0.2, -0.15) is 0 Å². The fourth-order valence-electron chi connectivity index (χ4n) is 9.57. The van der Waals surface area contributed by atoms with Crippen LogP contribution in [0.15, 0.2) is 47.5 Å². The molecule has 1 aromatic carbocycles. The highest BCUT2D eigenvalue weighted by Crippen LogP contribution is 2.49. The van der Waals surface area contributed by atoms with E-state index in [9.17, 15) is 29.4 Å². The second-order valence-electron chi connectivity index (χ2n) is 18.4. The molecular formula is C47H63N3O12. The SMILES string of the molecule is COC1C=COC2(C)Oc3c(C)c(O)c4c(c3C2=O)C(=O)C(N2CCN(CC(C)C)CC2)=C(NC(=O)C(C)=CC=CC2(C)OC(C(C)C(O)C(C)C(OC(C)=O)C1C)C2C)C4=O. The minimum absolute atomic E-state index is 0.0289. The van der Waals surface area contributed by atoms with Crippen LogP contribution in [0.2, 0.25) is 0 Å². The number of amides is 1. The van der Waals surface area contributed by atoms with Crippen molar-refractivity contribution < 1.29 is 57.9 Å². The Hall–Kier alpha value is -4.83. The average Bonchev–Trinajstić information content (AvgIpc) is 3.48. The number of phenols is 1. The monoisotopic (exact) mass is 861 g/mol. The van der Waals surface area contributed by atoms with E-state index in [4.69, 9.17) is 23.7 Å². The minimum Gasteiger partial charge on any atom is -0.507 e. The van der Waals surface area contributed by atoms with E-state index < -0.39 is 82.1 Å². The van der Waals surface area contributed by atoms with E-state index in [2.05, 4.69) is 24.1 Å². The van der Waals surface area contributed by atoms with E-state index in [1.807, 2.05) is 33.8 Å². The molecule has 10 atom stereocenters. The van der Waals surface area contributed by atoms with E-state index in [1.54, 1.807) is 30.9 Å². The van der Waals surface area contributed by atoms with Gasteiger partial charge < -0.3 is 44.1 Å². The van der Waals surface area contributed by atoms with Crippen molar-refractivity contribution >= 4 is 29.2 Å². The van der Waals surface area contributed by atoms with E-state index in [1.165, 1.54) is 40.2 Å². The molecule has 8 aliphatic rings. The summed E-state index contributed by atoms with van der Waals surface area (Å²) in [5, 5.41) is 26.1. The highest BCUT2D eigenvalue weighted by molar-refractivity contribution is 6.32. The fraction of sp³-hybridized carbons (Fsp3) is 0.596. The number of esters is 1. The van der Waals surface area contributed by atoms with Crippen molar-refractivity contribution in [1.29, 1.82) is 0 Å². The van der Waals surface area contributed by atoms with Gasteiger partial charge in [-0.15, -0.1) is 0 Å². The number of ether oxygens (including phenoxy) is 5. The average molecular weight is 862 g/mol. The summed E-state index contributed by atoms with van der Waals surface area (Å²) in [5.74, 6) is -7.41. The topological polar surface area (TPSA) is 190 Å². The molecule has 7 aliphatic heterocycles. The molecule has 7 heterocycles. The number of hydrogen-bond acceptors (Lipinski definition) is 14. The zero-order valence-corrected chi connectivity index (χ0v) is 38.0. The van der Waals surface area contributed by atoms with Crippen molar-refractivity contribution in [3.8, 4) is 11.5 Å². The Balaban J connectivity index is 1.47. The zero-order valence-electron chi connectivity index (χ0n) is 38.0. The van der Waals surface area contributed by atoms with Gasteiger partial charge in [0.05, 0.1) is 46.9 Å².